The minimum atomic E-state index is -0.559. The van der Waals surface area contributed by atoms with Crippen LogP contribution in [0.5, 0.6) is 0 Å². The normalized spacial score (nSPS) is 11.0. The van der Waals surface area contributed by atoms with E-state index in [1.54, 1.807) is 50.4 Å². The molecule has 1 aromatic carbocycles. The van der Waals surface area contributed by atoms with Crippen molar-refractivity contribution in [2.75, 3.05) is 13.2 Å². The average Bonchev–Trinajstić information content (AvgIpc) is 3.19. The van der Waals surface area contributed by atoms with Gasteiger partial charge < -0.3 is 9.47 Å². The van der Waals surface area contributed by atoms with Crippen LogP contribution in [0.3, 0.4) is 0 Å². The van der Waals surface area contributed by atoms with E-state index in [1.807, 2.05) is 0 Å². The smallest absolute Gasteiger partial charge is 0.343 e. The van der Waals surface area contributed by atoms with Gasteiger partial charge in [0.25, 0.3) is 5.56 Å². The Labute approximate surface area is 169 Å². The van der Waals surface area contributed by atoms with Crippen LogP contribution in [-0.2, 0) is 9.47 Å². The third-order valence-electron chi connectivity index (χ3n) is 4.41. The average molecular weight is 407 g/mol. The van der Waals surface area contributed by atoms with Gasteiger partial charge in [-0.1, -0.05) is 0 Å². The summed E-state index contributed by atoms with van der Waals surface area (Å²) in [7, 11) is 0. The third kappa shape index (κ3) is 3.17. The zero-order chi connectivity index (χ0) is 21.3. The molecule has 0 saturated heterocycles. The lowest BCUT2D eigenvalue weighted by Gasteiger charge is -2.08. The number of ether oxygens (including phenoxy) is 2. The molecule has 0 bridgehead atoms. The minimum Gasteiger partial charge on any atom is -0.462 e. The lowest BCUT2D eigenvalue weighted by molar-refractivity contribution is 0.0517. The first kappa shape index (κ1) is 19.2. The molecule has 30 heavy (non-hydrogen) atoms. The maximum Gasteiger partial charge on any atom is 0.343 e. The Morgan fingerprint density at radius 3 is 2.37 bits per heavy atom. The van der Waals surface area contributed by atoms with Gasteiger partial charge in [0.05, 0.1) is 25.0 Å². The summed E-state index contributed by atoms with van der Waals surface area (Å²) < 4.78 is 12.7. The zero-order valence-corrected chi connectivity index (χ0v) is 16.2. The van der Waals surface area contributed by atoms with Crippen LogP contribution < -0.4 is 5.56 Å². The summed E-state index contributed by atoms with van der Waals surface area (Å²) in [6, 6.07) is 8.09. The van der Waals surface area contributed by atoms with Crippen molar-refractivity contribution >= 4 is 28.6 Å². The largest absolute Gasteiger partial charge is 0.462 e. The van der Waals surface area contributed by atoms with Crippen LogP contribution in [0, 0.1) is 0 Å². The second-order valence-electron chi connectivity index (χ2n) is 6.21. The standard InChI is InChI=1S/C20H17N5O5/c1-3-29-19(27)12-5-7-13(8-6-12)24-10-9-15-16(18(24)26)22-23-17-14(11-21-25(15)17)20(28)30-4-2/h5-11H,3-4H2,1-2H3. The second kappa shape index (κ2) is 7.74. The fourth-order valence-electron chi connectivity index (χ4n) is 3.02. The number of aromatic nitrogens is 5. The van der Waals surface area contributed by atoms with Crippen molar-refractivity contribution in [1.82, 2.24) is 24.4 Å². The number of fused-ring (bicyclic) bond motifs is 3. The van der Waals surface area contributed by atoms with Gasteiger partial charge in [-0.25, -0.2) is 14.1 Å². The monoisotopic (exact) mass is 407 g/mol. The zero-order valence-electron chi connectivity index (χ0n) is 16.2. The number of hydrogen-bond donors (Lipinski definition) is 0. The molecule has 0 unspecified atom stereocenters. The number of carbonyl (C=O) groups is 2. The van der Waals surface area contributed by atoms with E-state index in [4.69, 9.17) is 9.47 Å². The molecule has 3 aromatic heterocycles. The van der Waals surface area contributed by atoms with Crippen molar-refractivity contribution < 1.29 is 19.1 Å². The molecule has 0 radical (unpaired) electrons. The Kier molecular flexibility index (Phi) is 4.97. The highest BCUT2D eigenvalue weighted by Gasteiger charge is 2.19. The molecule has 4 aromatic rings. The first-order valence-corrected chi connectivity index (χ1v) is 9.25. The molecule has 0 aliphatic carbocycles. The number of benzene rings is 1. The highest BCUT2D eigenvalue weighted by molar-refractivity contribution is 5.96. The summed E-state index contributed by atoms with van der Waals surface area (Å²) in [5, 5.41) is 12.2. The molecule has 0 saturated carbocycles. The van der Waals surface area contributed by atoms with Gasteiger partial charge in [-0.2, -0.15) is 5.10 Å². The van der Waals surface area contributed by atoms with E-state index in [0.29, 0.717) is 16.8 Å². The molecule has 152 valence electrons. The molecule has 0 spiro atoms. The van der Waals surface area contributed by atoms with Crippen LogP contribution >= 0.6 is 0 Å². The van der Waals surface area contributed by atoms with Gasteiger partial charge in [-0.15, -0.1) is 10.2 Å². The van der Waals surface area contributed by atoms with Gasteiger partial charge in [-0.05, 0) is 44.2 Å². The fourth-order valence-corrected chi connectivity index (χ4v) is 3.02. The van der Waals surface area contributed by atoms with Crippen molar-refractivity contribution in [2.24, 2.45) is 0 Å². The number of hydrogen-bond acceptors (Lipinski definition) is 8. The van der Waals surface area contributed by atoms with Gasteiger partial charge >= 0.3 is 11.9 Å². The summed E-state index contributed by atoms with van der Waals surface area (Å²) in [6.07, 6.45) is 2.90. The van der Waals surface area contributed by atoms with Crippen molar-refractivity contribution in [3.8, 4) is 5.69 Å². The number of esters is 2. The molecule has 10 heteroatoms. The maximum atomic E-state index is 13.0. The second-order valence-corrected chi connectivity index (χ2v) is 6.21. The fraction of sp³-hybridized carbons (Fsp3) is 0.200. The molecule has 4 rings (SSSR count). The Morgan fingerprint density at radius 1 is 0.967 bits per heavy atom. The summed E-state index contributed by atoms with van der Waals surface area (Å²) in [4.78, 5) is 36.8. The Morgan fingerprint density at radius 2 is 1.67 bits per heavy atom. The van der Waals surface area contributed by atoms with Gasteiger partial charge in [0.2, 0.25) is 0 Å². The Hall–Kier alpha value is -4.08. The first-order chi connectivity index (χ1) is 14.5. The van der Waals surface area contributed by atoms with E-state index in [1.165, 1.54) is 15.3 Å². The van der Waals surface area contributed by atoms with Crippen molar-refractivity contribution in [1.29, 1.82) is 0 Å². The van der Waals surface area contributed by atoms with Crippen LogP contribution in [0.25, 0.3) is 22.4 Å². The van der Waals surface area contributed by atoms with E-state index in [0.717, 1.165) is 0 Å². The summed E-state index contributed by atoms with van der Waals surface area (Å²) in [5.41, 5.74) is 1.38. The van der Waals surface area contributed by atoms with Gasteiger partial charge in [0.15, 0.2) is 11.2 Å². The van der Waals surface area contributed by atoms with Crippen molar-refractivity contribution in [3.05, 3.63) is 64.2 Å². The van der Waals surface area contributed by atoms with Crippen molar-refractivity contribution in [3.63, 3.8) is 0 Å². The van der Waals surface area contributed by atoms with Gasteiger partial charge in [0.1, 0.15) is 11.1 Å². The number of nitrogens with zero attached hydrogens (tertiary/aromatic N) is 5. The van der Waals surface area contributed by atoms with E-state index in [9.17, 15) is 14.4 Å². The highest BCUT2D eigenvalue weighted by atomic mass is 16.5. The molecule has 0 aliphatic rings. The van der Waals surface area contributed by atoms with Crippen LogP contribution in [0.1, 0.15) is 34.6 Å². The summed E-state index contributed by atoms with van der Waals surface area (Å²) >= 11 is 0. The summed E-state index contributed by atoms with van der Waals surface area (Å²) in [5.74, 6) is -0.990. The lowest BCUT2D eigenvalue weighted by atomic mass is 10.2. The Balaban J connectivity index is 1.78. The van der Waals surface area contributed by atoms with Crippen LogP contribution in [0.4, 0.5) is 0 Å². The molecule has 3 heterocycles. The minimum absolute atomic E-state index is 0.0815. The first-order valence-electron chi connectivity index (χ1n) is 9.25. The highest BCUT2D eigenvalue weighted by Crippen LogP contribution is 2.16. The summed E-state index contributed by atoms with van der Waals surface area (Å²) in [6.45, 7) is 3.93. The SMILES string of the molecule is CCOC(=O)c1ccc(-n2ccc3c(nnc4c(C(=O)OCC)cnn43)c2=O)cc1. The Bertz CT molecular complexity index is 1320. The van der Waals surface area contributed by atoms with E-state index in [2.05, 4.69) is 15.3 Å². The molecule has 0 aliphatic heterocycles. The lowest BCUT2D eigenvalue weighted by Crippen LogP contribution is -2.20. The van der Waals surface area contributed by atoms with Crippen LogP contribution in [0.2, 0.25) is 0 Å². The molecule has 0 atom stereocenters. The molecule has 0 fully saturated rings. The van der Waals surface area contributed by atoms with E-state index in [-0.39, 0.29) is 29.9 Å². The molecule has 0 amide bonds. The maximum absolute atomic E-state index is 13.0. The molecular weight excluding hydrogens is 390 g/mol. The molecule has 0 N–H and O–H groups in total. The van der Waals surface area contributed by atoms with Crippen LogP contribution in [0.15, 0.2) is 47.5 Å². The molecule has 10 nitrogen and oxygen atoms in total. The van der Waals surface area contributed by atoms with E-state index >= 15 is 0 Å². The topological polar surface area (TPSA) is 118 Å². The quantitative estimate of drug-likeness (QED) is 0.460. The van der Waals surface area contributed by atoms with Gasteiger partial charge in [-0.3, -0.25) is 9.36 Å². The van der Waals surface area contributed by atoms with Crippen LogP contribution in [-0.4, -0.2) is 49.5 Å². The van der Waals surface area contributed by atoms with E-state index < -0.39 is 17.5 Å². The predicted molar refractivity (Wildman–Crippen MR) is 106 cm³/mol. The number of pyridine rings is 1. The number of carbonyl (C=O) groups excluding carboxylic acids is 2. The van der Waals surface area contributed by atoms with Crippen molar-refractivity contribution in [2.45, 2.75) is 13.8 Å². The predicted octanol–water partition coefficient (Wildman–Crippen LogP) is 1.78. The molecular formula is C20H17N5O5. The number of rotatable bonds is 5. The third-order valence-corrected chi connectivity index (χ3v) is 4.41. The van der Waals surface area contributed by atoms with Gasteiger partial charge in [0, 0.05) is 11.9 Å².